The molecule has 0 saturated carbocycles. The Labute approximate surface area is 108 Å². The summed E-state index contributed by atoms with van der Waals surface area (Å²) in [7, 11) is 1.64. The Kier molecular flexibility index (Phi) is 4.99. The van der Waals surface area contributed by atoms with Crippen molar-refractivity contribution in [1.29, 1.82) is 0 Å². The minimum Gasteiger partial charge on any atom is -0.497 e. The lowest BCUT2D eigenvalue weighted by Gasteiger charge is -2.24. The number of hydrogen-bond donors (Lipinski definition) is 2. The number of aliphatic hydroxyl groups excluding tert-OH is 1. The molecule has 0 radical (unpaired) electrons. The molecule has 2 N–H and O–H groups in total. The van der Waals surface area contributed by atoms with Crippen LogP contribution in [-0.4, -0.2) is 38.0 Å². The average molecular weight is 251 g/mol. The molecule has 2 rings (SSSR count). The van der Waals surface area contributed by atoms with Crippen LogP contribution in [0.1, 0.15) is 24.5 Å². The molecule has 1 aliphatic heterocycles. The normalized spacial score (nSPS) is 18.6. The third-order valence-electron chi connectivity index (χ3n) is 3.32. The number of nitrogens with one attached hydrogen (secondary N) is 1. The third-order valence-corrected chi connectivity index (χ3v) is 3.32. The number of benzene rings is 1. The first-order chi connectivity index (χ1) is 8.79. The zero-order valence-electron chi connectivity index (χ0n) is 10.8. The van der Waals surface area contributed by atoms with Crippen molar-refractivity contribution in [2.24, 2.45) is 0 Å². The minimum absolute atomic E-state index is 0.464. The van der Waals surface area contributed by atoms with Crippen LogP contribution in [0.5, 0.6) is 5.75 Å². The Morgan fingerprint density at radius 3 is 2.61 bits per heavy atom. The van der Waals surface area contributed by atoms with Gasteiger partial charge in [-0.25, -0.2) is 0 Å². The van der Waals surface area contributed by atoms with E-state index in [1.165, 1.54) is 0 Å². The van der Waals surface area contributed by atoms with Gasteiger partial charge in [0.25, 0.3) is 0 Å². The first-order valence-electron chi connectivity index (χ1n) is 6.42. The van der Waals surface area contributed by atoms with Crippen LogP contribution >= 0.6 is 0 Å². The van der Waals surface area contributed by atoms with Gasteiger partial charge in [-0.2, -0.15) is 0 Å². The summed E-state index contributed by atoms with van der Waals surface area (Å²) in [5, 5.41) is 13.5. The first-order valence-corrected chi connectivity index (χ1v) is 6.42. The highest BCUT2D eigenvalue weighted by atomic mass is 16.5. The summed E-state index contributed by atoms with van der Waals surface area (Å²) in [5.41, 5.74) is 0.912. The van der Waals surface area contributed by atoms with Crippen LogP contribution in [0.4, 0.5) is 0 Å². The van der Waals surface area contributed by atoms with Gasteiger partial charge in [0, 0.05) is 25.8 Å². The summed E-state index contributed by atoms with van der Waals surface area (Å²) in [6.45, 7) is 2.21. The van der Waals surface area contributed by atoms with E-state index in [0.29, 0.717) is 12.6 Å². The molecule has 0 aliphatic carbocycles. The van der Waals surface area contributed by atoms with Crippen molar-refractivity contribution < 1.29 is 14.6 Å². The predicted molar refractivity (Wildman–Crippen MR) is 69.8 cm³/mol. The van der Waals surface area contributed by atoms with Gasteiger partial charge in [-0.1, -0.05) is 12.1 Å². The molecule has 1 fully saturated rings. The zero-order chi connectivity index (χ0) is 12.8. The summed E-state index contributed by atoms with van der Waals surface area (Å²) >= 11 is 0. The van der Waals surface area contributed by atoms with Gasteiger partial charge in [-0.05, 0) is 30.5 Å². The second kappa shape index (κ2) is 6.73. The molecule has 1 aromatic carbocycles. The van der Waals surface area contributed by atoms with Crippen LogP contribution < -0.4 is 10.1 Å². The average Bonchev–Trinajstić information content (AvgIpc) is 2.46. The topological polar surface area (TPSA) is 50.7 Å². The van der Waals surface area contributed by atoms with Crippen molar-refractivity contribution in [3.05, 3.63) is 29.8 Å². The highest BCUT2D eigenvalue weighted by molar-refractivity contribution is 5.28. The Balaban J connectivity index is 1.80. The summed E-state index contributed by atoms with van der Waals surface area (Å²) in [6, 6.07) is 8.00. The van der Waals surface area contributed by atoms with E-state index in [9.17, 15) is 5.11 Å². The Morgan fingerprint density at radius 2 is 2.00 bits per heavy atom. The molecule has 0 spiro atoms. The van der Waals surface area contributed by atoms with Crippen molar-refractivity contribution in [2.75, 3.05) is 26.9 Å². The molecule has 0 amide bonds. The molecule has 1 aromatic rings. The van der Waals surface area contributed by atoms with E-state index in [1.807, 2.05) is 24.3 Å². The fourth-order valence-corrected chi connectivity index (χ4v) is 2.12. The Morgan fingerprint density at radius 1 is 1.33 bits per heavy atom. The SMILES string of the molecule is COc1ccc([C@@H](O)CNC2CCOCC2)cc1. The monoisotopic (exact) mass is 251 g/mol. The molecular weight excluding hydrogens is 230 g/mol. The van der Waals surface area contributed by atoms with Gasteiger partial charge in [0.1, 0.15) is 5.75 Å². The number of rotatable bonds is 5. The maximum Gasteiger partial charge on any atom is 0.118 e. The molecule has 1 aliphatic rings. The van der Waals surface area contributed by atoms with Gasteiger partial charge in [0.2, 0.25) is 0 Å². The van der Waals surface area contributed by atoms with E-state index in [-0.39, 0.29) is 0 Å². The molecule has 0 bridgehead atoms. The molecular formula is C14H21NO3. The maximum atomic E-state index is 10.1. The molecule has 1 heterocycles. The zero-order valence-corrected chi connectivity index (χ0v) is 10.8. The predicted octanol–water partition coefficient (Wildman–Crippen LogP) is 1.50. The second-order valence-electron chi connectivity index (χ2n) is 4.58. The van der Waals surface area contributed by atoms with E-state index < -0.39 is 6.10 Å². The van der Waals surface area contributed by atoms with E-state index in [2.05, 4.69) is 5.32 Å². The van der Waals surface area contributed by atoms with E-state index in [1.54, 1.807) is 7.11 Å². The van der Waals surface area contributed by atoms with Crippen LogP contribution in [0.15, 0.2) is 24.3 Å². The summed E-state index contributed by atoms with van der Waals surface area (Å²) in [6.07, 6.45) is 1.57. The molecule has 4 nitrogen and oxygen atoms in total. The van der Waals surface area contributed by atoms with Crippen LogP contribution in [0, 0.1) is 0 Å². The molecule has 0 aromatic heterocycles. The van der Waals surface area contributed by atoms with Gasteiger partial charge in [0.15, 0.2) is 0 Å². The largest absolute Gasteiger partial charge is 0.497 e. The smallest absolute Gasteiger partial charge is 0.118 e. The maximum absolute atomic E-state index is 10.1. The molecule has 4 heteroatoms. The van der Waals surface area contributed by atoms with E-state index >= 15 is 0 Å². The van der Waals surface area contributed by atoms with Crippen LogP contribution in [-0.2, 0) is 4.74 Å². The minimum atomic E-state index is -0.473. The van der Waals surface area contributed by atoms with Crippen molar-refractivity contribution in [1.82, 2.24) is 5.32 Å². The second-order valence-corrected chi connectivity index (χ2v) is 4.58. The number of aliphatic hydroxyl groups is 1. The molecule has 18 heavy (non-hydrogen) atoms. The lowest BCUT2D eigenvalue weighted by atomic mass is 10.1. The van der Waals surface area contributed by atoms with Gasteiger partial charge in [-0.3, -0.25) is 0 Å². The number of ether oxygens (including phenoxy) is 2. The van der Waals surface area contributed by atoms with Gasteiger partial charge in [0.05, 0.1) is 13.2 Å². The molecule has 0 unspecified atom stereocenters. The van der Waals surface area contributed by atoms with Gasteiger partial charge in [-0.15, -0.1) is 0 Å². The third kappa shape index (κ3) is 3.70. The fourth-order valence-electron chi connectivity index (χ4n) is 2.12. The fraction of sp³-hybridized carbons (Fsp3) is 0.571. The van der Waals surface area contributed by atoms with E-state index in [4.69, 9.17) is 9.47 Å². The van der Waals surface area contributed by atoms with Crippen molar-refractivity contribution in [3.63, 3.8) is 0 Å². The summed E-state index contributed by atoms with van der Waals surface area (Å²) in [5.74, 6) is 0.809. The van der Waals surface area contributed by atoms with Crippen molar-refractivity contribution >= 4 is 0 Å². The highest BCUT2D eigenvalue weighted by Crippen LogP contribution is 2.17. The lowest BCUT2D eigenvalue weighted by Crippen LogP contribution is -2.37. The molecule has 1 atom stereocenters. The lowest BCUT2D eigenvalue weighted by molar-refractivity contribution is 0.0724. The van der Waals surface area contributed by atoms with Gasteiger partial charge < -0.3 is 19.9 Å². The number of hydrogen-bond acceptors (Lipinski definition) is 4. The standard InChI is InChI=1S/C14H21NO3/c1-17-13-4-2-11(3-5-13)14(16)10-15-12-6-8-18-9-7-12/h2-5,12,14-16H,6-10H2,1H3/t14-/m0/s1. The van der Waals surface area contributed by atoms with E-state index in [0.717, 1.165) is 37.4 Å². The summed E-state index contributed by atoms with van der Waals surface area (Å²) in [4.78, 5) is 0. The van der Waals surface area contributed by atoms with Gasteiger partial charge >= 0.3 is 0 Å². The quantitative estimate of drug-likeness (QED) is 0.832. The number of methoxy groups -OCH3 is 1. The van der Waals surface area contributed by atoms with Crippen molar-refractivity contribution in [2.45, 2.75) is 25.0 Å². The van der Waals surface area contributed by atoms with Crippen LogP contribution in [0.2, 0.25) is 0 Å². The Bertz CT molecular complexity index is 347. The highest BCUT2D eigenvalue weighted by Gasteiger charge is 2.15. The van der Waals surface area contributed by atoms with Crippen molar-refractivity contribution in [3.8, 4) is 5.75 Å². The van der Waals surface area contributed by atoms with Crippen LogP contribution in [0.25, 0.3) is 0 Å². The Hall–Kier alpha value is -1.10. The first kappa shape index (κ1) is 13.3. The van der Waals surface area contributed by atoms with Crippen LogP contribution in [0.3, 0.4) is 0 Å². The molecule has 1 saturated heterocycles. The molecule has 100 valence electrons. The summed E-state index contributed by atoms with van der Waals surface area (Å²) < 4.78 is 10.4.